The van der Waals surface area contributed by atoms with Crippen LogP contribution in [0.5, 0.6) is 0 Å². The number of likely N-dealkylation sites (tertiary alicyclic amines) is 1. The average molecular weight is 372 g/mol. The van der Waals surface area contributed by atoms with E-state index in [0.29, 0.717) is 31.0 Å². The molecule has 142 valence electrons. The van der Waals surface area contributed by atoms with Crippen molar-refractivity contribution < 1.29 is 18.7 Å². The summed E-state index contributed by atoms with van der Waals surface area (Å²) in [5, 5.41) is 6.52. The highest BCUT2D eigenvalue weighted by Crippen LogP contribution is 2.38. The first-order valence-electron chi connectivity index (χ1n) is 9.01. The lowest BCUT2D eigenvalue weighted by Crippen LogP contribution is -2.47. The van der Waals surface area contributed by atoms with E-state index in [-0.39, 0.29) is 17.6 Å². The van der Waals surface area contributed by atoms with Crippen LogP contribution < -0.4 is 4.90 Å². The van der Waals surface area contributed by atoms with Crippen molar-refractivity contribution in [2.24, 2.45) is 5.92 Å². The standard InChI is InChI=1S/C19H21FN4O3/c1-19(12-24(18(26)27-19)15-4-2-14(20)3-5-15)13-7-10-23(11-8-13)17(25)16-6-9-21-22-16/h2-6,9,13H,7-8,10-12H2,1H3,(H,21,22)/t19-/m1/s1. The van der Waals surface area contributed by atoms with Crippen molar-refractivity contribution in [2.45, 2.75) is 25.4 Å². The summed E-state index contributed by atoms with van der Waals surface area (Å²) >= 11 is 0. The molecule has 2 saturated heterocycles. The molecule has 0 unspecified atom stereocenters. The van der Waals surface area contributed by atoms with Crippen molar-refractivity contribution in [3.05, 3.63) is 48.0 Å². The Labute approximate surface area is 156 Å². The zero-order chi connectivity index (χ0) is 19.0. The van der Waals surface area contributed by atoms with Crippen LogP contribution >= 0.6 is 0 Å². The highest BCUT2D eigenvalue weighted by atomic mass is 19.1. The fourth-order valence-corrected chi connectivity index (χ4v) is 3.93. The van der Waals surface area contributed by atoms with Crippen molar-refractivity contribution >= 4 is 17.7 Å². The van der Waals surface area contributed by atoms with Gasteiger partial charge in [0.05, 0.1) is 6.54 Å². The molecule has 27 heavy (non-hydrogen) atoms. The van der Waals surface area contributed by atoms with Crippen LogP contribution in [0.15, 0.2) is 36.5 Å². The predicted molar refractivity (Wildman–Crippen MR) is 95.8 cm³/mol. The lowest BCUT2D eigenvalue weighted by Gasteiger charge is -2.38. The molecule has 0 aliphatic carbocycles. The van der Waals surface area contributed by atoms with Gasteiger partial charge in [-0.05, 0) is 50.1 Å². The molecule has 4 rings (SSSR count). The number of halogens is 1. The second-order valence-corrected chi connectivity index (χ2v) is 7.28. The molecule has 0 radical (unpaired) electrons. The number of ether oxygens (including phenoxy) is 1. The molecule has 3 heterocycles. The van der Waals surface area contributed by atoms with Crippen LogP contribution in [0.2, 0.25) is 0 Å². The van der Waals surface area contributed by atoms with E-state index < -0.39 is 11.7 Å². The van der Waals surface area contributed by atoms with E-state index >= 15 is 0 Å². The number of H-pyrrole nitrogens is 1. The zero-order valence-electron chi connectivity index (χ0n) is 15.0. The van der Waals surface area contributed by atoms with E-state index in [0.717, 1.165) is 12.8 Å². The minimum atomic E-state index is -0.630. The van der Waals surface area contributed by atoms with E-state index in [9.17, 15) is 14.0 Å². The summed E-state index contributed by atoms with van der Waals surface area (Å²) in [5.74, 6) is -0.256. The number of hydrogen-bond donors (Lipinski definition) is 1. The van der Waals surface area contributed by atoms with E-state index in [1.165, 1.54) is 12.1 Å². The molecule has 0 bridgehead atoms. The maximum absolute atomic E-state index is 13.1. The SMILES string of the molecule is C[C@]1(C2CCN(C(=O)c3ccn[nH]3)CC2)CN(c2ccc(F)cc2)C(=O)O1. The summed E-state index contributed by atoms with van der Waals surface area (Å²) in [6.07, 6.45) is 2.64. The normalized spacial score (nSPS) is 23.6. The predicted octanol–water partition coefficient (Wildman–Crippen LogP) is 2.82. The summed E-state index contributed by atoms with van der Waals surface area (Å²) in [6, 6.07) is 7.48. The lowest BCUT2D eigenvalue weighted by molar-refractivity contribution is -0.00459. The molecule has 8 heteroatoms. The smallest absolute Gasteiger partial charge is 0.415 e. The molecule has 0 spiro atoms. The van der Waals surface area contributed by atoms with Crippen LogP contribution in [0, 0.1) is 11.7 Å². The Morgan fingerprint density at radius 3 is 2.59 bits per heavy atom. The van der Waals surface area contributed by atoms with Crippen LogP contribution in [-0.4, -0.2) is 52.3 Å². The average Bonchev–Trinajstić information content (AvgIpc) is 3.31. The number of nitrogens with one attached hydrogen (secondary N) is 1. The minimum Gasteiger partial charge on any atom is -0.441 e. The largest absolute Gasteiger partial charge is 0.441 e. The van der Waals surface area contributed by atoms with Crippen molar-refractivity contribution in [1.29, 1.82) is 0 Å². The highest BCUT2D eigenvalue weighted by Gasteiger charge is 2.48. The molecule has 2 aliphatic heterocycles. The summed E-state index contributed by atoms with van der Waals surface area (Å²) in [5.41, 5.74) is 0.473. The lowest BCUT2D eigenvalue weighted by atomic mass is 9.81. The van der Waals surface area contributed by atoms with Gasteiger partial charge in [0, 0.05) is 30.9 Å². The molecular formula is C19H21FN4O3. The summed E-state index contributed by atoms with van der Waals surface area (Å²) in [4.78, 5) is 28.1. The molecule has 1 aromatic carbocycles. The van der Waals surface area contributed by atoms with Crippen LogP contribution in [0.4, 0.5) is 14.9 Å². The number of nitrogens with zero attached hydrogens (tertiary/aromatic N) is 3. The third kappa shape index (κ3) is 3.27. The monoisotopic (exact) mass is 372 g/mol. The van der Waals surface area contributed by atoms with Crippen LogP contribution in [0.3, 0.4) is 0 Å². The van der Waals surface area contributed by atoms with Crippen LogP contribution in [0.25, 0.3) is 0 Å². The van der Waals surface area contributed by atoms with E-state index in [1.54, 1.807) is 34.2 Å². The minimum absolute atomic E-state index is 0.0625. The van der Waals surface area contributed by atoms with Crippen molar-refractivity contribution in [2.75, 3.05) is 24.5 Å². The Morgan fingerprint density at radius 2 is 1.96 bits per heavy atom. The maximum Gasteiger partial charge on any atom is 0.415 e. The van der Waals surface area contributed by atoms with Crippen molar-refractivity contribution in [3.8, 4) is 0 Å². The van der Waals surface area contributed by atoms with Crippen LogP contribution in [0.1, 0.15) is 30.3 Å². The van der Waals surface area contributed by atoms with Gasteiger partial charge in [0.25, 0.3) is 5.91 Å². The molecule has 0 saturated carbocycles. The molecule has 7 nitrogen and oxygen atoms in total. The Balaban J connectivity index is 1.41. The van der Waals surface area contributed by atoms with Gasteiger partial charge in [0.15, 0.2) is 0 Å². The number of anilines is 1. The summed E-state index contributed by atoms with van der Waals surface area (Å²) in [6.45, 7) is 3.56. The fraction of sp³-hybridized carbons (Fsp3) is 0.421. The number of aromatic nitrogens is 2. The molecule has 1 aromatic heterocycles. The number of rotatable bonds is 3. The number of benzene rings is 1. The first kappa shape index (κ1) is 17.5. The molecule has 1 atom stereocenters. The second-order valence-electron chi connectivity index (χ2n) is 7.28. The summed E-state index contributed by atoms with van der Waals surface area (Å²) in [7, 11) is 0. The first-order chi connectivity index (χ1) is 13.0. The first-order valence-corrected chi connectivity index (χ1v) is 9.01. The van der Waals surface area contributed by atoms with Gasteiger partial charge in [-0.1, -0.05) is 0 Å². The third-order valence-electron chi connectivity index (χ3n) is 5.53. The Bertz CT molecular complexity index is 831. The van der Waals surface area contributed by atoms with Gasteiger partial charge in [-0.2, -0.15) is 5.10 Å². The van der Waals surface area contributed by atoms with E-state index in [4.69, 9.17) is 4.74 Å². The summed E-state index contributed by atoms with van der Waals surface area (Å²) < 4.78 is 18.9. The van der Waals surface area contributed by atoms with Gasteiger partial charge >= 0.3 is 6.09 Å². The number of hydrogen-bond acceptors (Lipinski definition) is 4. The number of amides is 2. The number of carbonyl (C=O) groups is 2. The maximum atomic E-state index is 13.1. The Morgan fingerprint density at radius 1 is 1.26 bits per heavy atom. The molecule has 1 N–H and O–H groups in total. The molecule has 2 aliphatic rings. The third-order valence-corrected chi connectivity index (χ3v) is 5.53. The molecule has 2 amide bonds. The molecule has 2 fully saturated rings. The van der Waals surface area contributed by atoms with Crippen LogP contribution in [-0.2, 0) is 4.74 Å². The fourth-order valence-electron chi connectivity index (χ4n) is 3.93. The van der Waals surface area contributed by atoms with Gasteiger partial charge in [-0.15, -0.1) is 0 Å². The van der Waals surface area contributed by atoms with Crippen molar-refractivity contribution in [1.82, 2.24) is 15.1 Å². The second kappa shape index (κ2) is 6.68. The van der Waals surface area contributed by atoms with Gasteiger partial charge in [-0.3, -0.25) is 14.8 Å². The molecular weight excluding hydrogens is 351 g/mol. The van der Waals surface area contributed by atoms with Gasteiger partial charge in [0.1, 0.15) is 17.1 Å². The Kier molecular flexibility index (Phi) is 4.33. The van der Waals surface area contributed by atoms with Gasteiger partial charge < -0.3 is 9.64 Å². The van der Waals surface area contributed by atoms with E-state index in [1.807, 2.05) is 6.92 Å². The van der Waals surface area contributed by atoms with E-state index in [2.05, 4.69) is 10.2 Å². The number of aromatic amines is 1. The van der Waals surface area contributed by atoms with Crippen molar-refractivity contribution in [3.63, 3.8) is 0 Å². The highest BCUT2D eigenvalue weighted by molar-refractivity contribution is 5.92. The number of carbonyl (C=O) groups excluding carboxylic acids is 2. The number of piperidine rings is 1. The number of cyclic esters (lactones) is 1. The Hall–Kier alpha value is -2.90. The topological polar surface area (TPSA) is 78.5 Å². The quantitative estimate of drug-likeness (QED) is 0.899. The molecule has 2 aromatic rings. The zero-order valence-corrected chi connectivity index (χ0v) is 15.0. The van der Waals surface area contributed by atoms with Gasteiger partial charge in [-0.25, -0.2) is 9.18 Å². The van der Waals surface area contributed by atoms with Gasteiger partial charge in [0.2, 0.25) is 0 Å².